The van der Waals surface area contributed by atoms with E-state index in [1.54, 1.807) is 17.4 Å². The number of carbonyl (C=O) groups excluding carboxylic acids is 2. The number of hydrogen-bond donors (Lipinski definition) is 3. The molecule has 7 nitrogen and oxygen atoms in total. The molecule has 0 aliphatic rings. The molecule has 2 heterocycles. The molecule has 8 heteroatoms. The summed E-state index contributed by atoms with van der Waals surface area (Å²) >= 11 is 1.55. The van der Waals surface area contributed by atoms with Crippen molar-refractivity contribution >= 4 is 23.3 Å². The van der Waals surface area contributed by atoms with Gasteiger partial charge in [0.15, 0.2) is 5.76 Å². The average Bonchev–Trinajstić information content (AvgIpc) is 3.11. The first-order valence-corrected chi connectivity index (χ1v) is 8.58. The zero-order chi connectivity index (χ0) is 17.7. The monoisotopic (exact) mass is 350 g/mol. The number of amides is 3. The third kappa shape index (κ3) is 5.09. The van der Waals surface area contributed by atoms with Gasteiger partial charge in [0.25, 0.3) is 0 Å². The first kappa shape index (κ1) is 18.0. The lowest BCUT2D eigenvalue weighted by atomic mass is 10.0. The molecule has 0 saturated carbocycles. The van der Waals surface area contributed by atoms with Gasteiger partial charge >= 0.3 is 6.03 Å². The highest BCUT2D eigenvalue weighted by Crippen LogP contribution is 2.23. The number of urea groups is 1. The number of furan rings is 1. The summed E-state index contributed by atoms with van der Waals surface area (Å²) in [4.78, 5) is 27.6. The van der Waals surface area contributed by atoms with Gasteiger partial charge in [-0.25, -0.2) is 9.78 Å². The van der Waals surface area contributed by atoms with E-state index < -0.39 is 12.1 Å². The number of nitrogens with zero attached hydrogens (tertiary/aromatic N) is 1. The molecule has 130 valence electrons. The molecule has 0 radical (unpaired) electrons. The maximum Gasteiger partial charge on any atom is 0.312 e. The maximum absolute atomic E-state index is 12.2. The van der Waals surface area contributed by atoms with Crippen molar-refractivity contribution in [2.75, 3.05) is 0 Å². The summed E-state index contributed by atoms with van der Waals surface area (Å²) in [6, 6.07) is 2.25. The number of thiazole rings is 1. The van der Waals surface area contributed by atoms with E-state index in [-0.39, 0.29) is 18.4 Å². The highest BCUT2D eigenvalue weighted by molar-refractivity contribution is 7.09. The molecule has 4 N–H and O–H groups in total. The quantitative estimate of drug-likeness (QED) is 0.712. The van der Waals surface area contributed by atoms with Crippen LogP contribution in [0.1, 0.15) is 31.0 Å². The molecule has 0 aromatic carbocycles. The van der Waals surface area contributed by atoms with Gasteiger partial charge in [0.1, 0.15) is 17.5 Å². The van der Waals surface area contributed by atoms with Crippen LogP contribution >= 0.6 is 11.3 Å². The van der Waals surface area contributed by atoms with Gasteiger partial charge in [0.05, 0.1) is 11.6 Å². The highest BCUT2D eigenvalue weighted by Gasteiger charge is 2.21. The summed E-state index contributed by atoms with van der Waals surface area (Å²) in [7, 11) is 0. The van der Waals surface area contributed by atoms with E-state index in [0.717, 1.165) is 10.7 Å². The lowest BCUT2D eigenvalue weighted by Gasteiger charge is -2.18. The normalized spacial score (nSPS) is 12.2. The van der Waals surface area contributed by atoms with E-state index in [1.165, 1.54) is 0 Å². The zero-order valence-corrected chi connectivity index (χ0v) is 14.8. The topological polar surface area (TPSA) is 110 Å². The minimum Gasteiger partial charge on any atom is -0.458 e. The maximum atomic E-state index is 12.2. The van der Waals surface area contributed by atoms with Gasteiger partial charge in [0.2, 0.25) is 5.91 Å². The smallest absolute Gasteiger partial charge is 0.312 e. The number of aryl methyl sites for hydroxylation is 1. The second kappa shape index (κ2) is 7.96. The Morgan fingerprint density at radius 3 is 2.71 bits per heavy atom. The number of primary amides is 1. The van der Waals surface area contributed by atoms with E-state index in [1.807, 2.05) is 32.2 Å². The number of aromatic nitrogens is 1. The Labute approximate surface area is 144 Å². The van der Waals surface area contributed by atoms with Crippen LogP contribution in [-0.4, -0.2) is 23.0 Å². The van der Waals surface area contributed by atoms with E-state index in [0.29, 0.717) is 17.9 Å². The zero-order valence-electron chi connectivity index (χ0n) is 14.0. The molecule has 0 fully saturated rings. The summed E-state index contributed by atoms with van der Waals surface area (Å²) in [6.45, 7) is 6.10. The molecule has 0 unspecified atom stereocenters. The van der Waals surface area contributed by atoms with Crippen LogP contribution in [-0.2, 0) is 11.3 Å². The fraction of sp³-hybridized carbons (Fsp3) is 0.438. The van der Waals surface area contributed by atoms with Crippen LogP contribution in [0.3, 0.4) is 0 Å². The third-order valence-electron chi connectivity index (χ3n) is 3.31. The first-order valence-electron chi connectivity index (χ1n) is 7.70. The standard InChI is InChI=1S/C16H22N4O3S/c1-9(2)6-12(20-16(17)22)15(21)18-7-11-4-5-14(23-11)13-8-24-10(3)19-13/h4-5,8-9,12H,6-7H2,1-3H3,(H,18,21)(H3,17,20,22)/t12-/m0/s1. The average molecular weight is 350 g/mol. The van der Waals surface area contributed by atoms with E-state index in [4.69, 9.17) is 10.2 Å². The highest BCUT2D eigenvalue weighted by atomic mass is 32.1. The predicted octanol–water partition coefficient (Wildman–Crippen LogP) is 2.41. The van der Waals surface area contributed by atoms with Crippen LogP contribution in [0.25, 0.3) is 11.5 Å². The Bertz CT molecular complexity index is 708. The van der Waals surface area contributed by atoms with Gasteiger partial charge in [-0.1, -0.05) is 13.8 Å². The molecule has 24 heavy (non-hydrogen) atoms. The summed E-state index contributed by atoms with van der Waals surface area (Å²) in [6.07, 6.45) is 0.510. The fourth-order valence-corrected chi connectivity index (χ4v) is 2.86. The van der Waals surface area contributed by atoms with Crippen molar-refractivity contribution < 1.29 is 14.0 Å². The van der Waals surface area contributed by atoms with Gasteiger partial charge in [-0.2, -0.15) is 0 Å². The Morgan fingerprint density at radius 1 is 1.38 bits per heavy atom. The van der Waals surface area contributed by atoms with Gasteiger partial charge in [-0.05, 0) is 31.4 Å². The van der Waals surface area contributed by atoms with Crippen LogP contribution in [0.4, 0.5) is 4.79 Å². The summed E-state index contributed by atoms with van der Waals surface area (Å²) in [5.41, 5.74) is 5.91. The Morgan fingerprint density at radius 2 is 2.12 bits per heavy atom. The predicted molar refractivity (Wildman–Crippen MR) is 92.4 cm³/mol. The molecule has 3 amide bonds. The fourth-order valence-electron chi connectivity index (χ4n) is 2.26. The molecule has 2 rings (SSSR count). The van der Waals surface area contributed by atoms with Gasteiger partial charge in [-0.15, -0.1) is 11.3 Å². The van der Waals surface area contributed by atoms with E-state index in [9.17, 15) is 9.59 Å². The second-order valence-corrected chi connectivity index (χ2v) is 6.99. The van der Waals surface area contributed by atoms with Crippen molar-refractivity contribution in [2.45, 2.75) is 39.8 Å². The van der Waals surface area contributed by atoms with Crippen LogP contribution in [0.2, 0.25) is 0 Å². The van der Waals surface area contributed by atoms with E-state index >= 15 is 0 Å². The van der Waals surface area contributed by atoms with Crippen molar-refractivity contribution in [1.29, 1.82) is 0 Å². The molecule has 0 saturated heterocycles. The van der Waals surface area contributed by atoms with Crippen LogP contribution < -0.4 is 16.4 Å². The molecule has 0 aliphatic heterocycles. The van der Waals surface area contributed by atoms with Crippen LogP contribution in [0, 0.1) is 12.8 Å². The molecule has 0 bridgehead atoms. The van der Waals surface area contributed by atoms with Crippen LogP contribution in [0.5, 0.6) is 0 Å². The van der Waals surface area contributed by atoms with Crippen LogP contribution in [0.15, 0.2) is 21.9 Å². The number of carbonyl (C=O) groups is 2. The third-order valence-corrected chi connectivity index (χ3v) is 4.08. The van der Waals surface area contributed by atoms with Crippen molar-refractivity contribution in [3.63, 3.8) is 0 Å². The summed E-state index contributed by atoms with van der Waals surface area (Å²) in [5.74, 6) is 1.24. The van der Waals surface area contributed by atoms with Crippen molar-refractivity contribution in [3.05, 3.63) is 28.3 Å². The number of nitrogens with two attached hydrogens (primary N) is 1. The van der Waals surface area contributed by atoms with Crippen molar-refractivity contribution in [2.24, 2.45) is 11.7 Å². The van der Waals surface area contributed by atoms with Gasteiger partial charge < -0.3 is 20.8 Å². The largest absolute Gasteiger partial charge is 0.458 e. The number of rotatable bonds is 7. The molecule has 2 aromatic rings. The Hall–Kier alpha value is -2.35. The molecular formula is C16H22N4O3S. The minimum absolute atomic E-state index is 0.233. The Kier molecular flexibility index (Phi) is 5.97. The Balaban J connectivity index is 1.95. The minimum atomic E-state index is -0.713. The van der Waals surface area contributed by atoms with Crippen molar-refractivity contribution in [1.82, 2.24) is 15.6 Å². The second-order valence-electron chi connectivity index (χ2n) is 5.93. The number of hydrogen-bond acceptors (Lipinski definition) is 5. The summed E-state index contributed by atoms with van der Waals surface area (Å²) < 4.78 is 5.69. The molecule has 2 aromatic heterocycles. The number of nitrogens with one attached hydrogen (secondary N) is 2. The molecule has 1 atom stereocenters. The SMILES string of the molecule is Cc1nc(-c2ccc(CNC(=O)[C@H](CC(C)C)NC(N)=O)o2)cs1. The molecule has 0 spiro atoms. The lowest BCUT2D eigenvalue weighted by Crippen LogP contribution is -2.48. The van der Waals surface area contributed by atoms with Gasteiger partial charge in [0, 0.05) is 5.38 Å². The van der Waals surface area contributed by atoms with Gasteiger partial charge in [-0.3, -0.25) is 4.79 Å². The molecule has 0 aliphatic carbocycles. The molecular weight excluding hydrogens is 328 g/mol. The first-order chi connectivity index (χ1) is 11.3. The van der Waals surface area contributed by atoms with E-state index in [2.05, 4.69) is 15.6 Å². The summed E-state index contributed by atoms with van der Waals surface area (Å²) in [5, 5.41) is 8.11. The lowest BCUT2D eigenvalue weighted by molar-refractivity contribution is -0.123. The van der Waals surface area contributed by atoms with Crippen molar-refractivity contribution in [3.8, 4) is 11.5 Å².